The van der Waals surface area contributed by atoms with Crippen LogP contribution in [0.4, 0.5) is 0 Å². The lowest BCUT2D eigenvalue weighted by Gasteiger charge is -2.54. The van der Waals surface area contributed by atoms with E-state index in [9.17, 15) is 5.11 Å². The van der Waals surface area contributed by atoms with E-state index in [0.29, 0.717) is 12.0 Å². The zero-order valence-electron chi connectivity index (χ0n) is 24.7. The molecule has 3 bridgehead atoms. The van der Waals surface area contributed by atoms with Gasteiger partial charge in [-0.1, -0.05) is 56.2 Å². The largest absolute Gasteiger partial charge is 0.379 e. The van der Waals surface area contributed by atoms with Crippen molar-refractivity contribution in [2.75, 3.05) is 19.6 Å². The third-order valence-corrected chi connectivity index (χ3v) is 10.7. The molecule has 5 nitrogen and oxygen atoms in total. The minimum atomic E-state index is -0.880. The highest BCUT2D eigenvalue weighted by molar-refractivity contribution is 6.09. The maximum absolute atomic E-state index is 12.8. The van der Waals surface area contributed by atoms with Crippen molar-refractivity contribution in [2.24, 2.45) is 11.3 Å². The molecule has 3 aliphatic heterocycles. The first kappa shape index (κ1) is 27.1. The second kappa shape index (κ2) is 11.2. The summed E-state index contributed by atoms with van der Waals surface area (Å²) < 4.78 is 0. The van der Waals surface area contributed by atoms with E-state index in [1.807, 2.05) is 6.20 Å². The number of nitrogens with two attached hydrogens (primary N) is 1. The number of unbranched alkanes of at least 4 members (excludes halogenated alkanes) is 2. The Labute approximate surface area is 244 Å². The average molecular weight is 552 g/mol. The van der Waals surface area contributed by atoms with Crippen molar-refractivity contribution < 1.29 is 10.4 Å². The first-order chi connectivity index (χ1) is 20.1. The molecule has 1 aromatic carbocycles. The smallest absolute Gasteiger partial charge is 0.136 e. The number of nitrogens with zero attached hydrogens (tertiary/aromatic N) is 2. The number of aliphatic hydroxyl groups is 1. The fraction of sp³-hybridized carbons (Fsp3) is 0.528. The Morgan fingerprint density at radius 2 is 2.02 bits per heavy atom. The summed E-state index contributed by atoms with van der Waals surface area (Å²) in [6.45, 7) is 5.64. The van der Waals surface area contributed by atoms with Crippen molar-refractivity contribution >= 4 is 27.4 Å². The van der Waals surface area contributed by atoms with Crippen LogP contribution in [0.25, 0.3) is 27.4 Å². The molecule has 5 heteroatoms. The summed E-state index contributed by atoms with van der Waals surface area (Å²) in [5, 5.41) is 17.8. The minimum Gasteiger partial charge on any atom is -0.379 e. The fourth-order valence-corrected chi connectivity index (χ4v) is 8.91. The molecule has 2 saturated heterocycles. The zero-order chi connectivity index (χ0) is 27.9. The van der Waals surface area contributed by atoms with E-state index in [4.69, 9.17) is 4.98 Å². The number of rotatable bonds is 5. The quantitative estimate of drug-likeness (QED) is 0.264. The number of hydrogen-bond acceptors (Lipinski definition) is 3. The van der Waals surface area contributed by atoms with Crippen LogP contribution in [0, 0.1) is 11.3 Å². The molecule has 1 spiro atoms. The number of H-pyrrole nitrogens is 1. The summed E-state index contributed by atoms with van der Waals surface area (Å²) >= 11 is 0. The van der Waals surface area contributed by atoms with Crippen molar-refractivity contribution in [1.82, 2.24) is 14.9 Å². The molecule has 4 aliphatic rings. The summed E-state index contributed by atoms with van der Waals surface area (Å²) in [4.78, 5) is 11.6. The van der Waals surface area contributed by atoms with Crippen molar-refractivity contribution in [1.29, 1.82) is 0 Å². The molecule has 0 saturated carbocycles. The van der Waals surface area contributed by atoms with Crippen molar-refractivity contribution in [3.05, 3.63) is 72.6 Å². The highest BCUT2D eigenvalue weighted by Gasteiger charge is 2.66. The maximum atomic E-state index is 12.8. The summed E-state index contributed by atoms with van der Waals surface area (Å²) in [7, 11) is 0. The number of pyridine rings is 1. The lowest BCUT2D eigenvalue weighted by atomic mass is 9.55. The van der Waals surface area contributed by atoms with E-state index in [0.717, 1.165) is 68.3 Å². The summed E-state index contributed by atoms with van der Waals surface area (Å²) in [6.07, 6.45) is 25.0. The maximum Gasteiger partial charge on any atom is 0.136 e. The SMILES string of the molecule is CCCC/C=C\C1C[C@]23CN4CCCC/C=C\CC[C@](O)(C=C(c5nccc6c5[nH]c5ccccc56)[C@@H]2CC4)[C@@H]3[NH2+]1. The lowest BCUT2D eigenvalue weighted by molar-refractivity contribution is -0.711. The standard InChI is InChI=1S/C36H46N4O/c1-2-3-4-9-14-26-23-35-25-40-21-13-8-6-5-7-12-19-36(41,34(35)38-26)24-29(30(35)18-22-40)32-33-28(17-20-37-32)27-15-10-11-16-31(27)39-33/h5,7,9-11,14-17,20,24,26,30,34,38-39,41H,2-4,6,8,12-13,18-19,21-23,25H2,1H3/p+1/b7-5-,14-9-/t26?,30-,34+,35-,36-/m0/s1. The van der Waals surface area contributed by atoms with Gasteiger partial charge >= 0.3 is 0 Å². The molecule has 0 amide bonds. The topological polar surface area (TPSA) is 68.8 Å². The molecule has 0 radical (unpaired) electrons. The highest BCUT2D eigenvalue weighted by Crippen LogP contribution is 2.57. The third-order valence-electron chi connectivity index (χ3n) is 10.7. The van der Waals surface area contributed by atoms with Crippen LogP contribution in [0.3, 0.4) is 0 Å². The average Bonchev–Trinajstić information content (AvgIpc) is 3.55. The number of quaternary nitrogens is 1. The molecule has 3 aromatic rings. The van der Waals surface area contributed by atoms with Gasteiger partial charge in [-0.05, 0) is 93.8 Å². The van der Waals surface area contributed by atoms with Crippen LogP contribution >= 0.6 is 0 Å². The molecular formula is C36H47N4O+. The second-order valence-electron chi connectivity index (χ2n) is 13.3. The van der Waals surface area contributed by atoms with Gasteiger partial charge in [-0.15, -0.1) is 0 Å². The number of fused-ring (bicyclic) bond motifs is 4. The van der Waals surface area contributed by atoms with E-state index in [1.54, 1.807) is 0 Å². The molecule has 1 aliphatic carbocycles. The number of benzene rings is 1. The number of hydrogen-bond donors (Lipinski definition) is 3. The monoisotopic (exact) mass is 551 g/mol. The Morgan fingerprint density at radius 1 is 1.12 bits per heavy atom. The minimum absolute atomic E-state index is 0.0183. The van der Waals surface area contributed by atoms with Gasteiger partial charge in [0.1, 0.15) is 17.7 Å². The van der Waals surface area contributed by atoms with Crippen LogP contribution in [0.1, 0.15) is 76.8 Å². The molecule has 41 heavy (non-hydrogen) atoms. The van der Waals surface area contributed by atoms with Crippen LogP contribution < -0.4 is 5.32 Å². The Morgan fingerprint density at radius 3 is 2.95 bits per heavy atom. The van der Waals surface area contributed by atoms with Crippen LogP contribution in [0.5, 0.6) is 0 Å². The van der Waals surface area contributed by atoms with E-state index in [2.05, 4.69) is 82.8 Å². The van der Waals surface area contributed by atoms with E-state index in [1.165, 1.54) is 48.6 Å². The number of aromatic amines is 1. The Bertz CT molecular complexity index is 1490. The number of allylic oxidation sites excluding steroid dienone is 4. The van der Waals surface area contributed by atoms with E-state index < -0.39 is 5.60 Å². The number of para-hydroxylation sites is 1. The first-order valence-electron chi connectivity index (χ1n) is 16.3. The van der Waals surface area contributed by atoms with Crippen molar-refractivity contribution in [3.63, 3.8) is 0 Å². The molecule has 7 rings (SSSR count). The van der Waals surface area contributed by atoms with Gasteiger partial charge in [0.2, 0.25) is 0 Å². The number of aromatic nitrogens is 2. The van der Waals surface area contributed by atoms with Gasteiger partial charge in [0.15, 0.2) is 0 Å². The number of nitrogens with one attached hydrogen (secondary N) is 1. The van der Waals surface area contributed by atoms with E-state index >= 15 is 0 Å². The van der Waals surface area contributed by atoms with Gasteiger partial charge in [0.05, 0.1) is 16.6 Å². The molecule has 5 heterocycles. The fourth-order valence-electron chi connectivity index (χ4n) is 8.91. The summed E-state index contributed by atoms with van der Waals surface area (Å²) in [5.74, 6) is 0.388. The van der Waals surface area contributed by atoms with Gasteiger partial charge in [0, 0.05) is 35.5 Å². The van der Waals surface area contributed by atoms with Gasteiger partial charge in [-0.25, -0.2) is 0 Å². The molecule has 2 fully saturated rings. The van der Waals surface area contributed by atoms with E-state index in [-0.39, 0.29) is 11.5 Å². The molecule has 4 N–H and O–H groups in total. The Hall–Kier alpha value is -2.73. The van der Waals surface area contributed by atoms with Crippen molar-refractivity contribution in [2.45, 2.75) is 88.8 Å². The summed E-state index contributed by atoms with van der Waals surface area (Å²) in [5.41, 5.74) is 3.74. The third kappa shape index (κ3) is 4.80. The van der Waals surface area contributed by atoms with Gasteiger partial charge in [-0.2, -0.15) is 0 Å². The first-order valence-corrected chi connectivity index (χ1v) is 16.3. The van der Waals surface area contributed by atoms with Crippen LogP contribution in [0.2, 0.25) is 0 Å². The molecule has 216 valence electrons. The predicted octanol–water partition coefficient (Wildman–Crippen LogP) is 6.12. The van der Waals surface area contributed by atoms with Crippen LogP contribution in [0.15, 0.2) is 66.9 Å². The highest BCUT2D eigenvalue weighted by atomic mass is 16.3. The molecule has 6 atom stereocenters. The predicted molar refractivity (Wildman–Crippen MR) is 169 cm³/mol. The number of piperidine rings is 1. The Kier molecular flexibility index (Phi) is 7.39. The van der Waals surface area contributed by atoms with Gasteiger partial charge < -0.3 is 20.3 Å². The normalized spacial score (nSPS) is 34.7. The van der Waals surface area contributed by atoms with Crippen LogP contribution in [-0.4, -0.2) is 57.3 Å². The zero-order valence-corrected chi connectivity index (χ0v) is 24.7. The second-order valence-corrected chi connectivity index (χ2v) is 13.3. The van der Waals surface area contributed by atoms with Gasteiger partial charge in [0.25, 0.3) is 0 Å². The Balaban J connectivity index is 1.37. The summed E-state index contributed by atoms with van der Waals surface area (Å²) in [6, 6.07) is 11.3. The molecular weight excluding hydrogens is 504 g/mol. The molecule has 2 unspecified atom stereocenters. The molecule has 2 aromatic heterocycles. The lowest BCUT2D eigenvalue weighted by Crippen LogP contribution is -2.97. The van der Waals surface area contributed by atoms with Crippen molar-refractivity contribution in [3.8, 4) is 0 Å². The van der Waals surface area contributed by atoms with Crippen LogP contribution in [-0.2, 0) is 0 Å². The van der Waals surface area contributed by atoms with Gasteiger partial charge in [-0.3, -0.25) is 4.98 Å².